The second-order valence-electron chi connectivity index (χ2n) is 6.79. The highest BCUT2D eigenvalue weighted by Crippen LogP contribution is 2.26. The molecule has 0 unspecified atom stereocenters. The summed E-state index contributed by atoms with van der Waals surface area (Å²) in [5.74, 6) is -2.43. The van der Waals surface area contributed by atoms with E-state index in [0.717, 1.165) is 12.1 Å². The number of hydrogen-bond donors (Lipinski definition) is 1. The second kappa shape index (κ2) is 8.39. The first-order valence-electron chi connectivity index (χ1n) is 9.29. The smallest absolute Gasteiger partial charge is 0.274 e. The molecule has 0 fully saturated rings. The highest BCUT2D eigenvalue weighted by atomic mass is 19.1. The summed E-state index contributed by atoms with van der Waals surface area (Å²) in [6.45, 7) is 1.45. The fourth-order valence-electron chi connectivity index (χ4n) is 3.07. The van der Waals surface area contributed by atoms with Gasteiger partial charge in [-0.2, -0.15) is 0 Å². The van der Waals surface area contributed by atoms with Gasteiger partial charge in [-0.15, -0.1) is 5.10 Å². The predicted molar refractivity (Wildman–Crippen MR) is 107 cm³/mol. The lowest BCUT2D eigenvalue weighted by Crippen LogP contribution is -2.24. The Hall–Kier alpha value is -4.01. The SMILES string of the molecule is Cc1cc(-n2nnc(C(=O)NCc3ccc(F)cc3F)c2-c2ccncc2)ccc1F. The Morgan fingerprint density at radius 2 is 1.77 bits per heavy atom. The zero-order chi connectivity index (χ0) is 22.0. The predicted octanol–water partition coefficient (Wildman–Crippen LogP) is 3.99. The molecule has 2 aromatic carbocycles. The third kappa shape index (κ3) is 4.16. The molecule has 4 aromatic rings. The first-order chi connectivity index (χ1) is 14.9. The number of rotatable bonds is 5. The van der Waals surface area contributed by atoms with Crippen LogP contribution in [0.1, 0.15) is 21.6 Å². The molecule has 0 aliphatic rings. The normalized spacial score (nSPS) is 10.8. The summed E-state index contributed by atoms with van der Waals surface area (Å²) >= 11 is 0. The van der Waals surface area contributed by atoms with Crippen molar-refractivity contribution in [3.63, 3.8) is 0 Å². The number of aromatic nitrogens is 4. The number of halogens is 3. The first kappa shape index (κ1) is 20.3. The number of nitrogens with zero attached hydrogens (tertiary/aromatic N) is 4. The minimum atomic E-state index is -0.764. The Morgan fingerprint density at radius 1 is 1.00 bits per heavy atom. The van der Waals surface area contributed by atoms with Crippen LogP contribution < -0.4 is 5.32 Å². The van der Waals surface area contributed by atoms with Gasteiger partial charge >= 0.3 is 0 Å². The van der Waals surface area contributed by atoms with Crippen LogP contribution in [0.25, 0.3) is 16.9 Å². The lowest BCUT2D eigenvalue weighted by molar-refractivity contribution is 0.0946. The Kier molecular flexibility index (Phi) is 5.48. The van der Waals surface area contributed by atoms with Crippen LogP contribution in [0.4, 0.5) is 13.2 Å². The Bertz CT molecular complexity index is 1260. The van der Waals surface area contributed by atoms with Crippen molar-refractivity contribution in [2.45, 2.75) is 13.5 Å². The van der Waals surface area contributed by atoms with Crippen LogP contribution in [-0.4, -0.2) is 25.9 Å². The van der Waals surface area contributed by atoms with Crippen LogP contribution in [0, 0.1) is 24.4 Å². The standard InChI is InChI=1S/C22H16F3N5O/c1-13-10-17(4-5-18(13)24)30-21(14-6-8-26-9-7-14)20(28-29-30)22(31)27-12-15-2-3-16(23)11-19(15)25/h2-11H,12H2,1H3,(H,27,31). The molecule has 0 spiro atoms. The summed E-state index contributed by atoms with van der Waals surface area (Å²) < 4.78 is 42.1. The third-order valence-corrected chi connectivity index (χ3v) is 4.68. The summed E-state index contributed by atoms with van der Waals surface area (Å²) in [5.41, 5.74) is 2.02. The number of pyridine rings is 1. The van der Waals surface area contributed by atoms with Gasteiger partial charge < -0.3 is 5.32 Å². The van der Waals surface area contributed by atoms with Gasteiger partial charge in [0, 0.05) is 36.1 Å². The van der Waals surface area contributed by atoms with Crippen LogP contribution in [0.15, 0.2) is 60.9 Å². The van der Waals surface area contributed by atoms with Gasteiger partial charge in [-0.05, 0) is 48.9 Å². The summed E-state index contributed by atoms with van der Waals surface area (Å²) in [4.78, 5) is 16.8. The van der Waals surface area contributed by atoms with Gasteiger partial charge in [0.2, 0.25) is 0 Å². The van der Waals surface area contributed by atoms with E-state index < -0.39 is 17.5 Å². The molecule has 31 heavy (non-hydrogen) atoms. The highest BCUT2D eigenvalue weighted by Gasteiger charge is 2.22. The molecule has 0 saturated heterocycles. The Morgan fingerprint density at radius 3 is 2.48 bits per heavy atom. The molecule has 1 N–H and O–H groups in total. The van der Waals surface area contributed by atoms with E-state index in [1.807, 2.05) is 0 Å². The van der Waals surface area contributed by atoms with Crippen molar-refractivity contribution in [3.05, 3.63) is 95.2 Å². The molecule has 1 amide bonds. The topological polar surface area (TPSA) is 72.7 Å². The molecule has 0 atom stereocenters. The molecule has 0 bridgehead atoms. The van der Waals surface area contributed by atoms with Gasteiger partial charge in [0.1, 0.15) is 23.1 Å². The lowest BCUT2D eigenvalue weighted by Gasteiger charge is -2.10. The van der Waals surface area contributed by atoms with E-state index in [1.54, 1.807) is 37.5 Å². The van der Waals surface area contributed by atoms with Gasteiger partial charge in [-0.1, -0.05) is 11.3 Å². The lowest BCUT2D eigenvalue weighted by atomic mass is 10.1. The Balaban J connectivity index is 1.71. The fourth-order valence-corrected chi connectivity index (χ4v) is 3.07. The molecule has 2 heterocycles. The minimum Gasteiger partial charge on any atom is -0.346 e. The Labute approximate surface area is 175 Å². The van der Waals surface area contributed by atoms with E-state index in [1.165, 1.54) is 22.9 Å². The molecule has 4 rings (SSSR count). The van der Waals surface area contributed by atoms with E-state index >= 15 is 0 Å². The molecular weight excluding hydrogens is 407 g/mol. The maximum atomic E-state index is 13.9. The molecule has 0 saturated carbocycles. The van der Waals surface area contributed by atoms with Crippen molar-refractivity contribution in [1.82, 2.24) is 25.3 Å². The minimum absolute atomic E-state index is 0.00398. The van der Waals surface area contributed by atoms with Gasteiger partial charge in [0.15, 0.2) is 5.69 Å². The number of benzene rings is 2. The number of aryl methyl sites for hydroxylation is 1. The average molecular weight is 423 g/mol. The number of carbonyl (C=O) groups excluding carboxylic acids is 1. The maximum Gasteiger partial charge on any atom is 0.274 e. The van der Waals surface area contributed by atoms with Crippen molar-refractivity contribution in [2.75, 3.05) is 0 Å². The molecule has 0 radical (unpaired) electrons. The molecule has 9 heteroatoms. The molecule has 6 nitrogen and oxygen atoms in total. The van der Waals surface area contributed by atoms with Crippen molar-refractivity contribution >= 4 is 5.91 Å². The highest BCUT2D eigenvalue weighted by molar-refractivity contribution is 5.98. The monoisotopic (exact) mass is 423 g/mol. The van der Waals surface area contributed by atoms with E-state index in [-0.39, 0.29) is 23.6 Å². The number of carbonyl (C=O) groups is 1. The third-order valence-electron chi connectivity index (χ3n) is 4.68. The summed E-state index contributed by atoms with van der Waals surface area (Å²) in [6, 6.07) is 10.9. The van der Waals surface area contributed by atoms with Gasteiger partial charge in [0.25, 0.3) is 5.91 Å². The summed E-state index contributed by atoms with van der Waals surface area (Å²) in [5, 5.41) is 10.7. The number of amides is 1. The van der Waals surface area contributed by atoms with E-state index in [2.05, 4.69) is 20.6 Å². The van der Waals surface area contributed by atoms with Crippen molar-refractivity contribution in [3.8, 4) is 16.9 Å². The van der Waals surface area contributed by atoms with E-state index in [9.17, 15) is 18.0 Å². The van der Waals surface area contributed by atoms with Gasteiger partial charge in [0.05, 0.1) is 5.69 Å². The van der Waals surface area contributed by atoms with Crippen LogP contribution in [0.5, 0.6) is 0 Å². The second-order valence-corrected chi connectivity index (χ2v) is 6.79. The summed E-state index contributed by atoms with van der Waals surface area (Å²) in [7, 11) is 0. The quantitative estimate of drug-likeness (QED) is 0.527. The van der Waals surface area contributed by atoms with E-state index in [0.29, 0.717) is 22.5 Å². The van der Waals surface area contributed by atoms with Crippen molar-refractivity contribution in [2.24, 2.45) is 0 Å². The fraction of sp³-hybridized carbons (Fsp3) is 0.0909. The van der Waals surface area contributed by atoms with Crippen LogP contribution in [-0.2, 0) is 6.54 Å². The zero-order valence-corrected chi connectivity index (χ0v) is 16.3. The maximum absolute atomic E-state index is 13.9. The molecule has 0 aliphatic heterocycles. The average Bonchev–Trinajstić information content (AvgIpc) is 3.21. The summed E-state index contributed by atoms with van der Waals surface area (Å²) in [6.07, 6.45) is 3.11. The van der Waals surface area contributed by atoms with Crippen molar-refractivity contribution in [1.29, 1.82) is 0 Å². The largest absolute Gasteiger partial charge is 0.346 e. The van der Waals surface area contributed by atoms with Crippen LogP contribution in [0.3, 0.4) is 0 Å². The molecular formula is C22H16F3N5O. The van der Waals surface area contributed by atoms with Gasteiger partial charge in [-0.25, -0.2) is 17.9 Å². The molecule has 2 aromatic heterocycles. The van der Waals surface area contributed by atoms with Crippen LogP contribution in [0.2, 0.25) is 0 Å². The van der Waals surface area contributed by atoms with E-state index in [4.69, 9.17) is 0 Å². The number of hydrogen-bond acceptors (Lipinski definition) is 4. The van der Waals surface area contributed by atoms with Crippen molar-refractivity contribution < 1.29 is 18.0 Å². The number of nitrogens with one attached hydrogen (secondary N) is 1. The molecule has 156 valence electrons. The molecule has 0 aliphatic carbocycles. The van der Waals surface area contributed by atoms with Gasteiger partial charge in [-0.3, -0.25) is 9.78 Å². The first-order valence-corrected chi connectivity index (χ1v) is 9.29. The zero-order valence-electron chi connectivity index (χ0n) is 16.3. The van der Waals surface area contributed by atoms with Crippen LogP contribution >= 0.6 is 0 Å².